The smallest absolute Gasteiger partial charge is 0.227 e. The van der Waals surface area contributed by atoms with Crippen molar-refractivity contribution in [3.63, 3.8) is 0 Å². The molecule has 1 aromatic heterocycles. The molecule has 5 heteroatoms. The maximum Gasteiger partial charge on any atom is 0.227 e. The summed E-state index contributed by atoms with van der Waals surface area (Å²) in [5.41, 5.74) is 0. The molecule has 5 nitrogen and oxygen atoms in total. The van der Waals surface area contributed by atoms with E-state index in [4.69, 9.17) is 0 Å². The van der Waals surface area contributed by atoms with Gasteiger partial charge < -0.3 is 10.6 Å². The van der Waals surface area contributed by atoms with E-state index in [0.717, 1.165) is 12.8 Å². The monoisotopic (exact) mass is 235 g/mol. The summed E-state index contributed by atoms with van der Waals surface area (Å²) in [4.78, 5) is 12.6. The average Bonchev–Trinajstić information content (AvgIpc) is 2.34. The maximum atomic E-state index is 4.34. The molecule has 2 heterocycles. The van der Waals surface area contributed by atoms with Crippen molar-refractivity contribution in [3.8, 4) is 0 Å². The fourth-order valence-corrected chi connectivity index (χ4v) is 2.17. The minimum Gasteiger partial charge on any atom is -0.351 e. The van der Waals surface area contributed by atoms with Crippen LogP contribution in [-0.2, 0) is 0 Å². The number of rotatable bonds is 4. The summed E-state index contributed by atoms with van der Waals surface area (Å²) < 4.78 is 0. The molecule has 0 amide bonds. The van der Waals surface area contributed by atoms with Crippen molar-refractivity contribution >= 4 is 11.9 Å². The van der Waals surface area contributed by atoms with Crippen molar-refractivity contribution in [3.05, 3.63) is 6.33 Å². The van der Waals surface area contributed by atoms with Gasteiger partial charge in [-0.3, -0.25) is 0 Å². The predicted molar refractivity (Wildman–Crippen MR) is 69.1 cm³/mol. The van der Waals surface area contributed by atoms with Crippen LogP contribution in [-0.4, -0.2) is 27.0 Å². The summed E-state index contributed by atoms with van der Waals surface area (Å²) in [5.74, 6) is 1.38. The molecule has 1 aliphatic rings. The highest BCUT2D eigenvalue weighted by Crippen LogP contribution is 2.19. The first-order chi connectivity index (χ1) is 8.31. The van der Waals surface area contributed by atoms with Crippen LogP contribution in [0.4, 0.5) is 11.9 Å². The minimum atomic E-state index is 0.444. The molecule has 0 radical (unpaired) electrons. The number of fused-ring (bicyclic) bond motifs is 2. The Balaban J connectivity index is 2.11. The minimum absolute atomic E-state index is 0.444. The van der Waals surface area contributed by atoms with Gasteiger partial charge in [0.05, 0.1) is 0 Å². The van der Waals surface area contributed by atoms with Crippen molar-refractivity contribution in [2.75, 3.05) is 10.6 Å². The van der Waals surface area contributed by atoms with Crippen molar-refractivity contribution in [2.45, 2.75) is 58.0 Å². The number of nitrogens with zero attached hydrogens (tertiary/aromatic N) is 3. The Labute approximate surface area is 102 Å². The summed E-state index contributed by atoms with van der Waals surface area (Å²) in [6.07, 6.45) is 7.40. The van der Waals surface area contributed by atoms with E-state index in [0.29, 0.717) is 24.0 Å². The van der Waals surface area contributed by atoms with Crippen LogP contribution in [0.3, 0.4) is 0 Å². The first-order valence-corrected chi connectivity index (χ1v) is 6.54. The second-order valence-electron chi connectivity index (χ2n) is 4.60. The molecule has 1 aliphatic heterocycles. The highest BCUT2D eigenvalue weighted by Gasteiger charge is 2.19. The molecule has 2 rings (SSSR count). The number of hydrogen-bond donors (Lipinski definition) is 2. The molecule has 2 bridgehead atoms. The third-order valence-electron chi connectivity index (χ3n) is 3.21. The molecule has 0 spiro atoms. The lowest BCUT2D eigenvalue weighted by molar-refractivity contribution is 0.505. The second-order valence-corrected chi connectivity index (χ2v) is 4.60. The SMILES string of the molecule is CCCCC1CC(CC)Nc2ncnc(n2)N1. The summed E-state index contributed by atoms with van der Waals surface area (Å²) in [6, 6.07) is 0.905. The van der Waals surface area contributed by atoms with Crippen LogP contribution in [0.1, 0.15) is 46.0 Å². The fraction of sp³-hybridized carbons (Fsp3) is 0.750. The molecule has 94 valence electrons. The highest BCUT2D eigenvalue weighted by atomic mass is 15.2. The number of unbranched alkanes of at least 4 members (excludes halogenated alkanes) is 1. The van der Waals surface area contributed by atoms with Crippen LogP contribution in [0, 0.1) is 0 Å². The quantitative estimate of drug-likeness (QED) is 0.839. The molecule has 2 atom stereocenters. The Morgan fingerprint density at radius 3 is 2.53 bits per heavy atom. The molecule has 0 saturated carbocycles. The van der Waals surface area contributed by atoms with Gasteiger partial charge in [0.1, 0.15) is 6.33 Å². The predicted octanol–water partition coefficient (Wildman–Crippen LogP) is 2.44. The van der Waals surface area contributed by atoms with Gasteiger partial charge in [-0.05, 0) is 19.3 Å². The molecule has 0 aliphatic carbocycles. The molecular weight excluding hydrogens is 214 g/mol. The molecule has 2 N–H and O–H groups in total. The number of anilines is 2. The maximum absolute atomic E-state index is 4.34. The Kier molecular flexibility index (Phi) is 4.12. The van der Waals surface area contributed by atoms with E-state index in [-0.39, 0.29) is 0 Å². The second kappa shape index (κ2) is 5.80. The summed E-state index contributed by atoms with van der Waals surface area (Å²) >= 11 is 0. The lowest BCUT2D eigenvalue weighted by Gasteiger charge is -2.27. The van der Waals surface area contributed by atoms with E-state index >= 15 is 0 Å². The van der Waals surface area contributed by atoms with Gasteiger partial charge in [-0.15, -0.1) is 0 Å². The normalized spacial score (nSPS) is 23.2. The molecule has 17 heavy (non-hydrogen) atoms. The van der Waals surface area contributed by atoms with Gasteiger partial charge in [0.2, 0.25) is 11.9 Å². The summed E-state index contributed by atoms with van der Waals surface area (Å²) in [5, 5.41) is 6.79. The molecule has 2 unspecified atom stereocenters. The largest absolute Gasteiger partial charge is 0.351 e. The van der Waals surface area contributed by atoms with Gasteiger partial charge in [0.25, 0.3) is 0 Å². The van der Waals surface area contributed by atoms with Crippen LogP contribution in [0.2, 0.25) is 0 Å². The van der Waals surface area contributed by atoms with Crippen LogP contribution in [0.25, 0.3) is 0 Å². The lowest BCUT2D eigenvalue weighted by Crippen LogP contribution is -2.33. The van der Waals surface area contributed by atoms with Crippen molar-refractivity contribution in [2.24, 2.45) is 0 Å². The van der Waals surface area contributed by atoms with Crippen molar-refractivity contribution in [1.29, 1.82) is 0 Å². The van der Waals surface area contributed by atoms with Gasteiger partial charge in [-0.1, -0.05) is 26.7 Å². The first kappa shape index (κ1) is 12.1. The van der Waals surface area contributed by atoms with E-state index in [2.05, 4.69) is 39.4 Å². The van der Waals surface area contributed by atoms with E-state index in [9.17, 15) is 0 Å². The Morgan fingerprint density at radius 2 is 1.88 bits per heavy atom. The highest BCUT2D eigenvalue weighted by molar-refractivity contribution is 5.36. The Bertz CT molecular complexity index is 355. The topological polar surface area (TPSA) is 62.7 Å². The number of aromatic nitrogens is 3. The average molecular weight is 235 g/mol. The number of nitrogens with one attached hydrogen (secondary N) is 2. The van der Waals surface area contributed by atoms with Crippen molar-refractivity contribution < 1.29 is 0 Å². The van der Waals surface area contributed by atoms with E-state index in [1.807, 2.05) is 0 Å². The molecule has 0 fully saturated rings. The van der Waals surface area contributed by atoms with Crippen LogP contribution >= 0.6 is 0 Å². The van der Waals surface area contributed by atoms with Crippen LogP contribution in [0.15, 0.2) is 6.33 Å². The van der Waals surface area contributed by atoms with Gasteiger partial charge in [-0.2, -0.15) is 4.98 Å². The molecule has 1 aromatic rings. The third kappa shape index (κ3) is 3.28. The van der Waals surface area contributed by atoms with Gasteiger partial charge in [-0.25, -0.2) is 9.97 Å². The van der Waals surface area contributed by atoms with Crippen molar-refractivity contribution in [1.82, 2.24) is 15.0 Å². The molecule has 0 saturated heterocycles. The van der Waals surface area contributed by atoms with Gasteiger partial charge >= 0.3 is 0 Å². The summed E-state index contributed by atoms with van der Waals surface area (Å²) in [7, 11) is 0. The van der Waals surface area contributed by atoms with E-state index in [1.165, 1.54) is 19.3 Å². The Hall–Kier alpha value is -1.39. The Morgan fingerprint density at radius 1 is 1.18 bits per heavy atom. The van der Waals surface area contributed by atoms with E-state index < -0.39 is 0 Å². The molecular formula is C12H21N5. The lowest BCUT2D eigenvalue weighted by atomic mass is 10.00. The molecule has 0 aromatic carbocycles. The third-order valence-corrected chi connectivity index (χ3v) is 3.21. The first-order valence-electron chi connectivity index (χ1n) is 6.54. The number of hydrogen-bond acceptors (Lipinski definition) is 5. The summed E-state index contributed by atoms with van der Waals surface area (Å²) in [6.45, 7) is 4.41. The zero-order valence-electron chi connectivity index (χ0n) is 10.6. The zero-order chi connectivity index (χ0) is 12.1. The van der Waals surface area contributed by atoms with Gasteiger partial charge in [0, 0.05) is 12.1 Å². The van der Waals surface area contributed by atoms with Crippen LogP contribution < -0.4 is 10.6 Å². The van der Waals surface area contributed by atoms with E-state index in [1.54, 1.807) is 6.33 Å². The van der Waals surface area contributed by atoms with Gasteiger partial charge in [0.15, 0.2) is 0 Å². The zero-order valence-corrected chi connectivity index (χ0v) is 10.6. The standard InChI is InChI=1S/C12H21N5/c1-3-5-6-10-7-9(4-2)15-11-13-8-14-12(16-10)17-11/h8-10H,3-7H2,1-2H3,(H2,13,14,15,16,17). The van der Waals surface area contributed by atoms with Crippen LogP contribution in [0.5, 0.6) is 0 Å². The fourth-order valence-electron chi connectivity index (χ4n) is 2.17.